The molecule has 1 saturated carbocycles. The van der Waals surface area contributed by atoms with E-state index in [9.17, 15) is 14.7 Å². The second-order valence-corrected chi connectivity index (χ2v) is 9.95. The highest BCUT2D eigenvalue weighted by Gasteiger charge is 2.38. The van der Waals surface area contributed by atoms with Crippen LogP contribution < -0.4 is 9.47 Å². The zero-order chi connectivity index (χ0) is 25.5. The predicted molar refractivity (Wildman–Crippen MR) is 143 cm³/mol. The van der Waals surface area contributed by atoms with Gasteiger partial charge in [0.25, 0.3) is 5.91 Å². The number of methoxy groups -OCH3 is 1. The van der Waals surface area contributed by atoms with Crippen LogP contribution in [0.4, 0.5) is 5.69 Å². The van der Waals surface area contributed by atoms with Crippen LogP contribution in [0, 0.1) is 0 Å². The Hall–Kier alpha value is -3.26. The Morgan fingerprint density at radius 2 is 1.97 bits per heavy atom. The van der Waals surface area contributed by atoms with Gasteiger partial charge in [0.1, 0.15) is 0 Å². The highest BCUT2D eigenvalue weighted by atomic mass is 32.2. The second-order valence-electron chi connectivity index (χ2n) is 8.94. The summed E-state index contributed by atoms with van der Waals surface area (Å²) in [6, 6.07) is 12.2. The number of ether oxygens (including phenoxy) is 2. The largest absolute Gasteiger partial charge is 0.493 e. The Bertz CT molecular complexity index is 1170. The first kappa shape index (κ1) is 25.8. The fourth-order valence-electron chi connectivity index (χ4n) is 4.42. The summed E-state index contributed by atoms with van der Waals surface area (Å²) >= 11 is 1.33. The topological polar surface area (TPSA) is 88.4 Å². The third kappa shape index (κ3) is 6.10. The van der Waals surface area contributed by atoms with Crippen molar-refractivity contribution in [3.8, 4) is 11.5 Å². The number of nitrogens with zero attached hydrogens (tertiary/aromatic N) is 2. The van der Waals surface area contributed by atoms with E-state index in [0.717, 1.165) is 44.1 Å². The fraction of sp³-hybridized carbons (Fsp3) is 0.393. The lowest BCUT2D eigenvalue weighted by atomic mass is 9.94. The number of carboxylic acids is 1. The maximum absolute atomic E-state index is 13.6. The molecule has 0 aromatic heterocycles. The molecular weight excluding hydrogens is 476 g/mol. The van der Waals surface area contributed by atoms with Crippen LogP contribution in [0.2, 0.25) is 0 Å². The average molecular weight is 509 g/mol. The van der Waals surface area contributed by atoms with E-state index in [2.05, 4.69) is 6.92 Å². The number of rotatable bonds is 9. The number of hydrogen-bond donors (Lipinski definition) is 1. The monoisotopic (exact) mass is 508 g/mol. The Labute approximate surface area is 216 Å². The molecule has 1 heterocycles. The van der Waals surface area contributed by atoms with E-state index >= 15 is 0 Å². The van der Waals surface area contributed by atoms with Crippen molar-refractivity contribution < 1.29 is 24.2 Å². The van der Waals surface area contributed by atoms with Crippen molar-refractivity contribution >= 4 is 40.6 Å². The number of thioether (sulfide) groups is 1. The number of hydrogen-bond acceptors (Lipinski definition) is 6. The molecule has 7 nitrogen and oxygen atoms in total. The molecule has 0 bridgehead atoms. The average Bonchev–Trinajstić information content (AvgIpc) is 3.19. The van der Waals surface area contributed by atoms with Crippen molar-refractivity contribution in [2.24, 2.45) is 4.99 Å². The Balaban J connectivity index is 1.65. The molecule has 0 radical (unpaired) electrons. The van der Waals surface area contributed by atoms with Crippen LogP contribution in [0.5, 0.6) is 11.5 Å². The Morgan fingerprint density at radius 1 is 1.17 bits per heavy atom. The van der Waals surface area contributed by atoms with Crippen molar-refractivity contribution in [3.63, 3.8) is 0 Å². The number of amidine groups is 1. The minimum Gasteiger partial charge on any atom is -0.493 e. The lowest BCUT2D eigenvalue weighted by Crippen LogP contribution is -2.40. The first-order valence-electron chi connectivity index (χ1n) is 12.5. The molecule has 36 heavy (non-hydrogen) atoms. The molecule has 1 aliphatic heterocycles. The van der Waals surface area contributed by atoms with Gasteiger partial charge >= 0.3 is 5.97 Å². The number of carbonyl (C=O) groups is 2. The van der Waals surface area contributed by atoms with Crippen LogP contribution in [0.25, 0.3) is 6.08 Å². The minimum atomic E-state index is -1.01. The number of aliphatic imine (C=N–C) groups is 1. The van der Waals surface area contributed by atoms with Gasteiger partial charge in [-0.3, -0.25) is 9.69 Å². The summed E-state index contributed by atoms with van der Waals surface area (Å²) in [6.45, 7) is 2.74. The van der Waals surface area contributed by atoms with Gasteiger partial charge in [0, 0.05) is 6.04 Å². The van der Waals surface area contributed by atoms with Gasteiger partial charge in [-0.15, -0.1) is 0 Å². The number of benzene rings is 2. The van der Waals surface area contributed by atoms with Crippen molar-refractivity contribution in [1.29, 1.82) is 0 Å². The molecule has 2 aromatic carbocycles. The molecule has 2 aliphatic rings. The molecule has 1 amide bonds. The number of unbranched alkanes of at least 4 members (excludes halogenated alkanes) is 1. The summed E-state index contributed by atoms with van der Waals surface area (Å²) in [6.07, 6.45) is 9.08. The summed E-state index contributed by atoms with van der Waals surface area (Å²) < 4.78 is 11.4. The van der Waals surface area contributed by atoms with Gasteiger partial charge in [-0.05, 0) is 73.0 Å². The summed E-state index contributed by atoms with van der Waals surface area (Å²) in [5.74, 6) is 0.234. The molecule has 1 N–H and O–H groups in total. The van der Waals surface area contributed by atoms with Crippen LogP contribution in [-0.4, -0.2) is 46.8 Å². The maximum atomic E-state index is 13.6. The van der Waals surface area contributed by atoms with Gasteiger partial charge in [0.2, 0.25) is 0 Å². The highest BCUT2D eigenvalue weighted by Crippen LogP contribution is 2.39. The quantitative estimate of drug-likeness (QED) is 0.307. The highest BCUT2D eigenvalue weighted by molar-refractivity contribution is 8.18. The molecule has 0 spiro atoms. The van der Waals surface area contributed by atoms with Crippen LogP contribution in [-0.2, 0) is 4.79 Å². The maximum Gasteiger partial charge on any atom is 0.335 e. The van der Waals surface area contributed by atoms with E-state index in [0.29, 0.717) is 33.9 Å². The molecule has 1 aliphatic carbocycles. The van der Waals surface area contributed by atoms with Gasteiger partial charge < -0.3 is 14.6 Å². The standard InChI is InChI=1S/C28H32N2O5S/c1-3-4-15-35-23-14-13-19(16-24(23)34-2)17-25-26(31)30(22-11-6-5-7-12-22)28(36-25)29-21-10-8-9-20(18-21)27(32)33/h8-10,13-14,16-18,22H,3-7,11-12,15H2,1-2H3,(H,32,33)/b25-17-,29-28?. The zero-order valence-corrected chi connectivity index (χ0v) is 21.6. The summed E-state index contributed by atoms with van der Waals surface area (Å²) in [7, 11) is 1.61. The number of carboxylic acid groups (broad SMARTS) is 1. The van der Waals surface area contributed by atoms with Crippen molar-refractivity contribution in [1.82, 2.24) is 4.90 Å². The number of amides is 1. The van der Waals surface area contributed by atoms with Crippen molar-refractivity contribution in [2.75, 3.05) is 13.7 Å². The molecule has 4 rings (SSSR count). The minimum absolute atomic E-state index is 0.0673. The van der Waals surface area contributed by atoms with Crippen LogP contribution in [0.15, 0.2) is 52.4 Å². The van der Waals surface area contributed by atoms with Crippen LogP contribution in [0.1, 0.15) is 67.8 Å². The normalized spacial score (nSPS) is 18.7. The smallest absolute Gasteiger partial charge is 0.335 e. The van der Waals surface area contributed by atoms with Gasteiger partial charge in [-0.2, -0.15) is 0 Å². The summed E-state index contributed by atoms with van der Waals surface area (Å²) in [5, 5.41) is 9.94. The third-order valence-electron chi connectivity index (χ3n) is 6.34. The second kappa shape index (κ2) is 12.1. The zero-order valence-electron chi connectivity index (χ0n) is 20.7. The first-order chi connectivity index (χ1) is 17.5. The van der Waals surface area contributed by atoms with E-state index in [-0.39, 0.29) is 17.5 Å². The van der Waals surface area contributed by atoms with Crippen molar-refractivity contribution in [3.05, 3.63) is 58.5 Å². The van der Waals surface area contributed by atoms with Gasteiger partial charge in [0.15, 0.2) is 16.7 Å². The van der Waals surface area contributed by atoms with Crippen LogP contribution in [0.3, 0.4) is 0 Å². The van der Waals surface area contributed by atoms with Gasteiger partial charge in [-0.25, -0.2) is 9.79 Å². The van der Waals surface area contributed by atoms with E-state index in [1.54, 1.807) is 19.2 Å². The Morgan fingerprint density at radius 3 is 2.69 bits per heavy atom. The molecular formula is C28H32N2O5S. The summed E-state index contributed by atoms with van der Waals surface area (Å²) in [5.41, 5.74) is 1.52. The van der Waals surface area contributed by atoms with E-state index < -0.39 is 5.97 Å². The van der Waals surface area contributed by atoms with Crippen molar-refractivity contribution in [2.45, 2.75) is 57.9 Å². The molecule has 0 atom stereocenters. The summed E-state index contributed by atoms with van der Waals surface area (Å²) in [4.78, 5) is 32.1. The molecule has 8 heteroatoms. The van der Waals surface area contributed by atoms with E-state index in [1.165, 1.54) is 30.3 Å². The van der Waals surface area contributed by atoms with E-state index in [4.69, 9.17) is 14.5 Å². The third-order valence-corrected chi connectivity index (χ3v) is 7.32. The fourth-order valence-corrected chi connectivity index (χ4v) is 5.47. The number of aromatic carboxylic acids is 1. The number of carbonyl (C=O) groups excluding carboxylic acids is 1. The lowest BCUT2D eigenvalue weighted by Gasteiger charge is -2.30. The molecule has 2 fully saturated rings. The SMILES string of the molecule is CCCCOc1ccc(/C=C2\SC(=Nc3cccc(C(=O)O)c3)N(C3CCCCC3)C2=O)cc1OC. The molecule has 190 valence electrons. The molecule has 0 unspecified atom stereocenters. The van der Waals surface area contributed by atoms with E-state index in [1.807, 2.05) is 29.2 Å². The van der Waals surface area contributed by atoms with Gasteiger partial charge in [-0.1, -0.05) is 44.7 Å². The predicted octanol–water partition coefficient (Wildman–Crippen LogP) is 6.51. The Kier molecular flexibility index (Phi) is 8.70. The van der Waals surface area contributed by atoms with Gasteiger partial charge in [0.05, 0.1) is 29.9 Å². The molecule has 2 aromatic rings. The first-order valence-corrected chi connectivity index (χ1v) is 13.3. The van der Waals surface area contributed by atoms with Crippen LogP contribution >= 0.6 is 11.8 Å². The molecule has 1 saturated heterocycles. The lowest BCUT2D eigenvalue weighted by molar-refractivity contribution is -0.124.